The molecule has 2 amide bonds. The summed E-state index contributed by atoms with van der Waals surface area (Å²) in [5, 5.41) is 16.9. The van der Waals surface area contributed by atoms with Crippen LogP contribution in [0.4, 0.5) is 5.69 Å². The number of hydrogen-bond donors (Lipinski definition) is 2. The molecule has 9 nitrogen and oxygen atoms in total. The number of anilines is 1. The second kappa shape index (κ2) is 11.5. The highest BCUT2D eigenvalue weighted by Gasteiger charge is 2.28. The van der Waals surface area contributed by atoms with Crippen LogP contribution in [-0.2, 0) is 29.0 Å². The Kier molecular flexibility index (Phi) is 8.13. The number of fused-ring (bicyclic) bond motifs is 1. The molecule has 0 spiro atoms. The Morgan fingerprint density at radius 3 is 2.57 bits per heavy atom. The van der Waals surface area contributed by atoms with E-state index in [9.17, 15) is 14.7 Å². The molecule has 2 heterocycles. The Labute approximate surface area is 217 Å². The number of carbonyl (C=O) groups is 2. The number of nitrogens with zero attached hydrogens (tertiary/aromatic N) is 3. The van der Waals surface area contributed by atoms with Crippen LogP contribution in [0.15, 0.2) is 48.5 Å². The quantitative estimate of drug-likeness (QED) is 0.438. The molecule has 196 valence electrons. The van der Waals surface area contributed by atoms with Gasteiger partial charge in [-0.3, -0.25) is 14.3 Å². The van der Waals surface area contributed by atoms with Gasteiger partial charge in [-0.2, -0.15) is 5.10 Å². The van der Waals surface area contributed by atoms with E-state index in [0.29, 0.717) is 30.2 Å². The predicted octanol–water partition coefficient (Wildman–Crippen LogP) is 2.97. The van der Waals surface area contributed by atoms with Crippen LogP contribution in [0.5, 0.6) is 11.5 Å². The summed E-state index contributed by atoms with van der Waals surface area (Å²) in [4.78, 5) is 28.5. The highest BCUT2D eigenvalue weighted by molar-refractivity contribution is 5.99. The average Bonchev–Trinajstić information content (AvgIpc) is 3.47. The maximum absolute atomic E-state index is 13.7. The van der Waals surface area contributed by atoms with Crippen LogP contribution in [0.3, 0.4) is 0 Å². The first-order valence-corrected chi connectivity index (χ1v) is 12.5. The van der Waals surface area contributed by atoms with Crippen LogP contribution in [-0.4, -0.2) is 53.2 Å². The van der Waals surface area contributed by atoms with E-state index in [2.05, 4.69) is 10.4 Å². The molecule has 1 atom stereocenters. The number of ether oxygens (including phenoxy) is 2. The number of hydrogen-bond acceptors (Lipinski definition) is 6. The number of aliphatic hydroxyl groups is 1. The molecule has 37 heavy (non-hydrogen) atoms. The third-order valence-electron chi connectivity index (χ3n) is 6.48. The zero-order chi connectivity index (χ0) is 26.5. The van der Waals surface area contributed by atoms with E-state index >= 15 is 0 Å². The molecular weight excluding hydrogens is 472 g/mol. The lowest BCUT2D eigenvalue weighted by Crippen LogP contribution is -2.49. The van der Waals surface area contributed by atoms with E-state index in [4.69, 9.17) is 9.47 Å². The molecule has 0 unspecified atom stereocenters. The summed E-state index contributed by atoms with van der Waals surface area (Å²) in [6.07, 6.45) is 0.442. The predicted molar refractivity (Wildman–Crippen MR) is 140 cm³/mol. The molecule has 1 aliphatic heterocycles. The van der Waals surface area contributed by atoms with Gasteiger partial charge in [-0.15, -0.1) is 0 Å². The monoisotopic (exact) mass is 506 g/mol. The molecule has 0 aliphatic carbocycles. The minimum atomic E-state index is -0.777. The lowest BCUT2D eigenvalue weighted by atomic mass is 10.00. The molecule has 2 N–H and O–H groups in total. The molecule has 2 aromatic carbocycles. The smallest absolute Gasteiger partial charge is 0.249 e. The van der Waals surface area contributed by atoms with Gasteiger partial charge in [-0.05, 0) is 30.5 Å². The zero-order valence-electron chi connectivity index (χ0n) is 21.7. The molecule has 1 aromatic heterocycles. The molecule has 3 aromatic rings. The van der Waals surface area contributed by atoms with Gasteiger partial charge in [0.05, 0.1) is 25.3 Å². The van der Waals surface area contributed by atoms with Gasteiger partial charge in [-0.25, -0.2) is 0 Å². The van der Waals surface area contributed by atoms with Crippen molar-refractivity contribution in [1.29, 1.82) is 0 Å². The van der Waals surface area contributed by atoms with Crippen molar-refractivity contribution in [3.05, 3.63) is 71.0 Å². The Hall–Kier alpha value is -3.85. The van der Waals surface area contributed by atoms with Gasteiger partial charge in [0.2, 0.25) is 18.6 Å². The van der Waals surface area contributed by atoms with Gasteiger partial charge < -0.3 is 24.8 Å². The summed E-state index contributed by atoms with van der Waals surface area (Å²) in [6.45, 7) is 6.41. The van der Waals surface area contributed by atoms with Crippen LogP contribution in [0.25, 0.3) is 0 Å². The Bertz CT molecular complexity index is 1250. The minimum Gasteiger partial charge on any atom is -0.454 e. The van der Waals surface area contributed by atoms with E-state index in [1.807, 2.05) is 51.1 Å². The van der Waals surface area contributed by atoms with Crippen LogP contribution < -0.4 is 19.7 Å². The number of aryl methyl sites for hydroxylation is 1. The van der Waals surface area contributed by atoms with Gasteiger partial charge in [0.25, 0.3) is 0 Å². The lowest BCUT2D eigenvalue weighted by molar-refractivity contribution is -0.127. The van der Waals surface area contributed by atoms with Crippen LogP contribution in [0.2, 0.25) is 0 Å². The summed E-state index contributed by atoms with van der Waals surface area (Å²) < 4.78 is 12.6. The number of amides is 2. The van der Waals surface area contributed by atoms with E-state index < -0.39 is 6.04 Å². The number of rotatable bonds is 10. The molecule has 0 saturated heterocycles. The first kappa shape index (κ1) is 26.2. The van der Waals surface area contributed by atoms with Gasteiger partial charge in [-0.1, -0.05) is 44.2 Å². The summed E-state index contributed by atoms with van der Waals surface area (Å²) in [5.74, 6) is 0.832. The van der Waals surface area contributed by atoms with Crippen molar-refractivity contribution in [2.45, 2.75) is 52.1 Å². The molecule has 4 rings (SSSR count). The van der Waals surface area contributed by atoms with Gasteiger partial charge in [0.1, 0.15) is 6.04 Å². The fraction of sp³-hybridized carbons (Fsp3) is 0.393. The number of nitrogens with one attached hydrogen (secondary N) is 1. The van der Waals surface area contributed by atoms with E-state index in [1.54, 1.807) is 29.9 Å². The fourth-order valence-electron chi connectivity index (χ4n) is 4.68. The van der Waals surface area contributed by atoms with E-state index in [0.717, 1.165) is 22.5 Å². The van der Waals surface area contributed by atoms with Gasteiger partial charge >= 0.3 is 0 Å². The maximum Gasteiger partial charge on any atom is 0.249 e. The molecule has 0 radical (unpaired) electrons. The summed E-state index contributed by atoms with van der Waals surface area (Å²) in [5.41, 5.74) is 4.08. The number of carbonyl (C=O) groups excluding carboxylic acids is 2. The molecule has 0 bridgehead atoms. The fourth-order valence-corrected chi connectivity index (χ4v) is 4.68. The second-order valence-electron chi connectivity index (χ2n) is 9.47. The number of benzene rings is 2. The number of aliphatic hydroxyl groups excluding tert-OH is 1. The molecular formula is C28H34N4O5. The molecule has 1 aliphatic rings. The SMILES string of the molecule is Cc1nn(CCO)c(C(C)C)c1CC(=O)N[C@@H](Cc1ccccc1)C(=O)N(C)c1ccc2c(c1)OCO2. The van der Waals surface area contributed by atoms with Crippen LogP contribution >= 0.6 is 0 Å². The van der Waals surface area contributed by atoms with Crippen LogP contribution in [0.1, 0.15) is 42.3 Å². The average molecular weight is 507 g/mol. The first-order chi connectivity index (χ1) is 17.8. The third-order valence-corrected chi connectivity index (χ3v) is 6.48. The Morgan fingerprint density at radius 1 is 1.14 bits per heavy atom. The van der Waals surface area contributed by atoms with Crippen molar-refractivity contribution >= 4 is 17.5 Å². The van der Waals surface area contributed by atoms with E-state index in [-0.39, 0.29) is 37.6 Å². The van der Waals surface area contributed by atoms with Gasteiger partial charge in [0, 0.05) is 36.5 Å². The summed E-state index contributed by atoms with van der Waals surface area (Å²) >= 11 is 0. The van der Waals surface area contributed by atoms with Crippen molar-refractivity contribution in [3.8, 4) is 11.5 Å². The summed E-state index contributed by atoms with van der Waals surface area (Å²) in [7, 11) is 1.68. The van der Waals surface area contributed by atoms with Gasteiger partial charge in [0.15, 0.2) is 11.5 Å². The topological polar surface area (TPSA) is 106 Å². The van der Waals surface area contributed by atoms with Crippen molar-refractivity contribution in [3.63, 3.8) is 0 Å². The minimum absolute atomic E-state index is 0.0354. The van der Waals surface area contributed by atoms with E-state index in [1.165, 1.54) is 4.90 Å². The second-order valence-corrected chi connectivity index (χ2v) is 9.47. The Morgan fingerprint density at radius 2 is 1.86 bits per heavy atom. The van der Waals surface area contributed by atoms with Crippen molar-refractivity contribution < 1.29 is 24.2 Å². The number of aromatic nitrogens is 2. The van der Waals surface area contributed by atoms with Crippen molar-refractivity contribution in [2.75, 3.05) is 25.3 Å². The molecule has 9 heteroatoms. The molecule has 0 saturated carbocycles. The highest BCUT2D eigenvalue weighted by Crippen LogP contribution is 2.35. The van der Waals surface area contributed by atoms with Crippen molar-refractivity contribution in [2.24, 2.45) is 0 Å². The Balaban J connectivity index is 1.56. The zero-order valence-corrected chi connectivity index (χ0v) is 21.7. The third kappa shape index (κ3) is 5.94. The first-order valence-electron chi connectivity index (χ1n) is 12.5. The lowest BCUT2D eigenvalue weighted by Gasteiger charge is -2.25. The standard InChI is InChI=1S/C28H34N4O5/c1-18(2)27-22(19(3)30-32(27)12-13-33)16-26(34)29-23(14-20-8-6-5-7-9-20)28(35)31(4)21-10-11-24-25(15-21)37-17-36-24/h5-11,15,18,23,33H,12-14,16-17H2,1-4H3,(H,29,34)/t23-/m0/s1. The van der Waals surface area contributed by atoms with Crippen molar-refractivity contribution in [1.82, 2.24) is 15.1 Å². The summed E-state index contributed by atoms with van der Waals surface area (Å²) in [6, 6.07) is 14.2. The highest BCUT2D eigenvalue weighted by atomic mass is 16.7. The van der Waals surface area contributed by atoms with Crippen LogP contribution in [0, 0.1) is 6.92 Å². The normalized spacial score (nSPS) is 13.0. The maximum atomic E-state index is 13.7. The molecule has 0 fully saturated rings. The largest absolute Gasteiger partial charge is 0.454 e. The number of likely N-dealkylation sites (N-methyl/N-ethyl adjacent to an activating group) is 1.